The average molecular weight is 458 g/mol. The Bertz CT molecular complexity index is 611. The summed E-state index contributed by atoms with van der Waals surface area (Å²) < 4.78 is 5.63. The molecule has 1 N–H and O–H groups in total. The number of halogens is 1. The number of rotatable bonds is 3. The minimum Gasteiger partial charge on any atom is -0.381 e. The van der Waals surface area contributed by atoms with Crippen molar-refractivity contribution in [3.05, 3.63) is 29.3 Å². The second-order valence-corrected chi connectivity index (χ2v) is 7.38. The van der Waals surface area contributed by atoms with E-state index < -0.39 is 0 Å². The van der Waals surface area contributed by atoms with Crippen molar-refractivity contribution in [3.63, 3.8) is 0 Å². The Morgan fingerprint density at radius 2 is 2.16 bits per heavy atom. The van der Waals surface area contributed by atoms with Gasteiger partial charge in [0.1, 0.15) is 0 Å². The number of ether oxygens (including phenoxy) is 1. The van der Waals surface area contributed by atoms with Crippen LogP contribution >= 0.6 is 24.0 Å². The number of guanidine groups is 1. The molecule has 2 aliphatic heterocycles. The van der Waals surface area contributed by atoms with Crippen LogP contribution in [0.15, 0.2) is 23.2 Å². The molecule has 2 fully saturated rings. The molecule has 6 heteroatoms. The summed E-state index contributed by atoms with van der Waals surface area (Å²) in [5.41, 5.74) is 4.23. The number of nitrogens with one attached hydrogen (secondary N) is 1. The van der Waals surface area contributed by atoms with Crippen LogP contribution in [-0.2, 0) is 11.3 Å². The highest BCUT2D eigenvalue weighted by atomic mass is 127. The van der Waals surface area contributed by atoms with Gasteiger partial charge >= 0.3 is 0 Å². The quantitative estimate of drug-likeness (QED) is 0.430. The van der Waals surface area contributed by atoms with Crippen molar-refractivity contribution < 1.29 is 4.74 Å². The zero-order valence-corrected chi connectivity index (χ0v) is 18.2. The summed E-state index contributed by atoms with van der Waals surface area (Å²) in [4.78, 5) is 9.02. The third kappa shape index (κ3) is 4.58. The smallest absolute Gasteiger partial charge is 0.193 e. The number of hydrogen-bond acceptors (Lipinski definition) is 3. The van der Waals surface area contributed by atoms with Gasteiger partial charge in [-0.1, -0.05) is 6.07 Å². The topological polar surface area (TPSA) is 40.1 Å². The third-order valence-electron chi connectivity index (χ3n) is 5.41. The Morgan fingerprint density at radius 1 is 1.36 bits per heavy atom. The molecule has 0 aromatic heterocycles. The zero-order chi connectivity index (χ0) is 17.2. The molecule has 5 nitrogen and oxygen atoms in total. The van der Waals surface area contributed by atoms with Gasteiger partial charge in [0.2, 0.25) is 0 Å². The first-order valence-corrected chi connectivity index (χ1v) is 8.83. The highest BCUT2D eigenvalue weighted by Gasteiger charge is 2.42. The molecular formula is C19H31IN4O. The van der Waals surface area contributed by atoms with Gasteiger partial charge in [-0.05, 0) is 43.0 Å². The first-order chi connectivity index (χ1) is 11.5. The van der Waals surface area contributed by atoms with Crippen molar-refractivity contribution in [2.24, 2.45) is 10.4 Å². The summed E-state index contributed by atoms with van der Waals surface area (Å²) in [6.45, 7) is 6.94. The third-order valence-corrected chi connectivity index (χ3v) is 5.41. The molecule has 0 radical (unpaired) electrons. The number of aryl methyl sites for hydroxylation is 1. The van der Waals surface area contributed by atoms with E-state index in [1.54, 1.807) is 0 Å². The number of likely N-dealkylation sites (tertiary alicyclic amines) is 1. The lowest BCUT2D eigenvalue weighted by molar-refractivity contribution is 0.156. The van der Waals surface area contributed by atoms with E-state index in [-0.39, 0.29) is 24.0 Å². The van der Waals surface area contributed by atoms with E-state index in [0.29, 0.717) is 5.41 Å². The maximum Gasteiger partial charge on any atom is 0.193 e. The molecule has 0 bridgehead atoms. The molecule has 1 aromatic rings. The number of nitrogens with zero attached hydrogens (tertiary/aromatic N) is 3. The minimum atomic E-state index is 0. The average Bonchev–Trinajstić information content (AvgIpc) is 3.19. The van der Waals surface area contributed by atoms with Gasteiger partial charge in [0.25, 0.3) is 0 Å². The molecule has 1 spiro atoms. The minimum absolute atomic E-state index is 0. The number of benzene rings is 1. The van der Waals surface area contributed by atoms with Crippen LogP contribution in [0.4, 0.5) is 5.69 Å². The number of hydrogen-bond donors (Lipinski definition) is 1. The summed E-state index contributed by atoms with van der Waals surface area (Å²) in [6.07, 6.45) is 2.40. The Labute approximate surface area is 168 Å². The van der Waals surface area contributed by atoms with Gasteiger partial charge in [0.05, 0.1) is 6.61 Å². The molecule has 3 rings (SSSR count). The predicted molar refractivity (Wildman–Crippen MR) is 115 cm³/mol. The van der Waals surface area contributed by atoms with E-state index in [1.165, 1.54) is 29.7 Å². The van der Waals surface area contributed by atoms with Gasteiger partial charge in [0.15, 0.2) is 5.96 Å². The zero-order valence-electron chi connectivity index (χ0n) is 15.8. The van der Waals surface area contributed by atoms with Crippen molar-refractivity contribution in [2.75, 3.05) is 52.3 Å². The first kappa shape index (κ1) is 20.3. The fourth-order valence-corrected chi connectivity index (χ4v) is 3.75. The van der Waals surface area contributed by atoms with Gasteiger partial charge in [-0.25, -0.2) is 0 Å². The molecule has 25 heavy (non-hydrogen) atoms. The van der Waals surface area contributed by atoms with Gasteiger partial charge in [-0.2, -0.15) is 0 Å². The molecule has 2 saturated heterocycles. The normalized spacial score (nSPS) is 23.0. The van der Waals surface area contributed by atoms with Crippen LogP contribution in [-0.4, -0.2) is 58.3 Å². The van der Waals surface area contributed by atoms with Crippen molar-refractivity contribution >= 4 is 35.6 Å². The second-order valence-electron chi connectivity index (χ2n) is 7.38. The van der Waals surface area contributed by atoms with E-state index in [1.807, 2.05) is 7.05 Å². The summed E-state index contributed by atoms with van der Waals surface area (Å²) in [5.74, 6) is 1.01. The van der Waals surface area contributed by atoms with Crippen LogP contribution in [0, 0.1) is 12.3 Å². The second kappa shape index (κ2) is 8.58. The van der Waals surface area contributed by atoms with Gasteiger partial charge in [-0.15, -0.1) is 24.0 Å². The maximum atomic E-state index is 5.63. The SMILES string of the molecule is CN=C(NCc1ccc(N(C)C)cc1C)N1CCC2(CCOC2)C1.I. The lowest BCUT2D eigenvalue weighted by Crippen LogP contribution is -2.41. The molecule has 1 aromatic carbocycles. The monoisotopic (exact) mass is 458 g/mol. The highest BCUT2D eigenvalue weighted by molar-refractivity contribution is 14.0. The van der Waals surface area contributed by atoms with Crippen molar-refractivity contribution in [3.8, 4) is 0 Å². The summed E-state index contributed by atoms with van der Waals surface area (Å²) >= 11 is 0. The number of anilines is 1. The molecular weight excluding hydrogens is 427 g/mol. The number of aliphatic imine (C=N–C) groups is 1. The fourth-order valence-electron chi connectivity index (χ4n) is 3.75. The summed E-state index contributed by atoms with van der Waals surface area (Å²) in [5, 5.41) is 3.55. The van der Waals surface area contributed by atoms with Crippen LogP contribution in [0.25, 0.3) is 0 Å². The van der Waals surface area contributed by atoms with Gasteiger partial charge in [0, 0.05) is 58.5 Å². The molecule has 1 unspecified atom stereocenters. The largest absolute Gasteiger partial charge is 0.381 e. The van der Waals surface area contributed by atoms with E-state index in [0.717, 1.165) is 38.8 Å². The molecule has 2 heterocycles. The van der Waals surface area contributed by atoms with Crippen molar-refractivity contribution in [1.29, 1.82) is 0 Å². The summed E-state index contributed by atoms with van der Waals surface area (Å²) in [7, 11) is 6.02. The Kier molecular flexibility index (Phi) is 6.96. The van der Waals surface area contributed by atoms with Crippen molar-refractivity contribution in [2.45, 2.75) is 26.3 Å². The van der Waals surface area contributed by atoms with E-state index in [4.69, 9.17) is 4.74 Å². The fraction of sp³-hybridized carbons (Fsp3) is 0.632. The van der Waals surface area contributed by atoms with Gasteiger partial charge in [-0.3, -0.25) is 4.99 Å². The molecule has 1 atom stereocenters. The van der Waals surface area contributed by atoms with Crippen molar-refractivity contribution in [1.82, 2.24) is 10.2 Å². The molecule has 0 aliphatic carbocycles. The molecule has 2 aliphatic rings. The lowest BCUT2D eigenvalue weighted by atomic mass is 9.87. The molecule has 0 amide bonds. The molecule has 140 valence electrons. The van der Waals surface area contributed by atoms with Crippen LogP contribution in [0.2, 0.25) is 0 Å². The van der Waals surface area contributed by atoms with Crippen LogP contribution < -0.4 is 10.2 Å². The maximum absolute atomic E-state index is 5.63. The van der Waals surface area contributed by atoms with Crippen LogP contribution in [0.1, 0.15) is 24.0 Å². The summed E-state index contributed by atoms with van der Waals surface area (Å²) in [6, 6.07) is 6.62. The highest BCUT2D eigenvalue weighted by Crippen LogP contribution is 2.38. The van der Waals surface area contributed by atoms with Gasteiger partial charge < -0.3 is 19.9 Å². The Hall–Kier alpha value is -1.02. The Balaban J connectivity index is 0.00000225. The standard InChI is InChI=1S/C19H30N4O.HI/c1-15-11-17(22(3)4)6-5-16(15)12-21-18(20-2)23-9-7-19(13-23)8-10-24-14-19;/h5-6,11H,7-10,12-14H2,1-4H3,(H,20,21);1H. The first-order valence-electron chi connectivity index (χ1n) is 8.83. The Morgan fingerprint density at radius 3 is 2.76 bits per heavy atom. The van der Waals surface area contributed by atoms with E-state index in [9.17, 15) is 0 Å². The predicted octanol–water partition coefficient (Wildman–Crippen LogP) is 2.87. The van der Waals surface area contributed by atoms with E-state index >= 15 is 0 Å². The van der Waals surface area contributed by atoms with Crippen LogP contribution in [0.3, 0.4) is 0 Å². The molecule has 0 saturated carbocycles. The van der Waals surface area contributed by atoms with E-state index in [2.05, 4.69) is 59.3 Å². The van der Waals surface area contributed by atoms with Crippen LogP contribution in [0.5, 0.6) is 0 Å². The lowest BCUT2D eigenvalue weighted by Gasteiger charge is -2.25.